The normalized spacial score (nSPS) is 10.6. The standard InChI is InChI=1S/C20H24ClNO3/c1-14(2)12-22(13-15-6-5-7-17(21)8-15)20(23)16-9-18(24-3)11-19(10-16)25-4/h5-11,14H,12-13H2,1-4H3. The van der Waals surface area contributed by atoms with Gasteiger partial charge in [0.25, 0.3) is 5.91 Å². The average molecular weight is 362 g/mol. The molecule has 0 bridgehead atoms. The third-order valence-corrected chi connectivity index (χ3v) is 3.97. The van der Waals surface area contributed by atoms with Crippen molar-refractivity contribution in [2.75, 3.05) is 20.8 Å². The van der Waals surface area contributed by atoms with Crippen LogP contribution in [0.15, 0.2) is 42.5 Å². The Morgan fingerprint density at radius 2 is 1.72 bits per heavy atom. The molecule has 0 saturated carbocycles. The lowest BCUT2D eigenvalue weighted by Crippen LogP contribution is -2.33. The van der Waals surface area contributed by atoms with Gasteiger partial charge in [0, 0.05) is 29.7 Å². The van der Waals surface area contributed by atoms with E-state index in [1.54, 1.807) is 32.4 Å². The van der Waals surface area contributed by atoms with Crippen LogP contribution in [-0.4, -0.2) is 31.6 Å². The Morgan fingerprint density at radius 1 is 1.08 bits per heavy atom. The van der Waals surface area contributed by atoms with E-state index in [0.717, 1.165) is 5.56 Å². The minimum atomic E-state index is -0.0640. The van der Waals surface area contributed by atoms with Gasteiger partial charge in [-0.25, -0.2) is 0 Å². The first-order chi connectivity index (χ1) is 11.9. The van der Waals surface area contributed by atoms with Crippen molar-refractivity contribution in [1.82, 2.24) is 4.90 Å². The predicted molar refractivity (Wildman–Crippen MR) is 101 cm³/mol. The highest BCUT2D eigenvalue weighted by Gasteiger charge is 2.19. The van der Waals surface area contributed by atoms with Gasteiger partial charge in [-0.3, -0.25) is 4.79 Å². The van der Waals surface area contributed by atoms with Crippen molar-refractivity contribution in [2.45, 2.75) is 20.4 Å². The molecule has 0 aliphatic carbocycles. The van der Waals surface area contributed by atoms with Gasteiger partial charge < -0.3 is 14.4 Å². The second kappa shape index (κ2) is 8.77. The number of halogens is 1. The van der Waals surface area contributed by atoms with E-state index >= 15 is 0 Å². The van der Waals surface area contributed by atoms with Gasteiger partial charge >= 0.3 is 0 Å². The van der Waals surface area contributed by atoms with Crippen molar-refractivity contribution < 1.29 is 14.3 Å². The van der Waals surface area contributed by atoms with E-state index in [1.165, 1.54) is 0 Å². The molecule has 0 aliphatic rings. The van der Waals surface area contributed by atoms with Crippen LogP contribution < -0.4 is 9.47 Å². The Kier molecular flexibility index (Phi) is 6.71. The predicted octanol–water partition coefficient (Wildman–Crippen LogP) is 4.66. The van der Waals surface area contributed by atoms with Gasteiger partial charge in [0.15, 0.2) is 0 Å². The first-order valence-corrected chi connectivity index (χ1v) is 8.57. The van der Waals surface area contributed by atoms with Crippen LogP contribution in [0.5, 0.6) is 11.5 Å². The highest BCUT2D eigenvalue weighted by Crippen LogP contribution is 2.24. The molecule has 0 aliphatic heterocycles. The molecular weight excluding hydrogens is 338 g/mol. The number of nitrogens with zero attached hydrogens (tertiary/aromatic N) is 1. The van der Waals surface area contributed by atoms with E-state index in [-0.39, 0.29) is 5.91 Å². The molecule has 2 rings (SSSR count). The first kappa shape index (κ1) is 19.1. The Balaban J connectivity index is 2.32. The highest BCUT2D eigenvalue weighted by molar-refractivity contribution is 6.30. The fraction of sp³-hybridized carbons (Fsp3) is 0.350. The highest BCUT2D eigenvalue weighted by atomic mass is 35.5. The Morgan fingerprint density at radius 3 is 2.24 bits per heavy atom. The fourth-order valence-corrected chi connectivity index (χ4v) is 2.84. The summed E-state index contributed by atoms with van der Waals surface area (Å²) in [6.07, 6.45) is 0. The third-order valence-electron chi connectivity index (χ3n) is 3.73. The van der Waals surface area contributed by atoms with Crippen LogP contribution in [0.2, 0.25) is 5.02 Å². The molecule has 2 aromatic rings. The van der Waals surface area contributed by atoms with Crippen molar-refractivity contribution in [3.05, 3.63) is 58.6 Å². The number of carbonyl (C=O) groups is 1. The van der Waals surface area contributed by atoms with E-state index in [0.29, 0.717) is 41.1 Å². The summed E-state index contributed by atoms with van der Waals surface area (Å²) in [7, 11) is 3.14. The molecule has 0 atom stereocenters. The van der Waals surface area contributed by atoms with E-state index in [1.807, 2.05) is 29.2 Å². The molecule has 0 N–H and O–H groups in total. The van der Waals surface area contributed by atoms with Crippen LogP contribution in [0, 0.1) is 5.92 Å². The van der Waals surface area contributed by atoms with Gasteiger partial charge in [-0.15, -0.1) is 0 Å². The summed E-state index contributed by atoms with van der Waals surface area (Å²) in [5.41, 5.74) is 1.54. The summed E-state index contributed by atoms with van der Waals surface area (Å²) in [6, 6.07) is 12.8. The minimum absolute atomic E-state index is 0.0640. The van der Waals surface area contributed by atoms with Gasteiger partial charge in [-0.2, -0.15) is 0 Å². The number of carbonyl (C=O) groups excluding carboxylic acids is 1. The molecule has 0 radical (unpaired) electrons. The molecule has 0 spiro atoms. The van der Waals surface area contributed by atoms with Crippen LogP contribution in [0.25, 0.3) is 0 Å². The summed E-state index contributed by atoms with van der Waals surface area (Å²) in [6.45, 7) is 5.32. The van der Waals surface area contributed by atoms with Crippen molar-refractivity contribution in [1.29, 1.82) is 0 Å². The molecule has 2 aromatic carbocycles. The number of benzene rings is 2. The number of amides is 1. The summed E-state index contributed by atoms with van der Waals surface area (Å²) < 4.78 is 10.5. The zero-order valence-electron chi connectivity index (χ0n) is 15.1. The molecule has 4 nitrogen and oxygen atoms in total. The number of methoxy groups -OCH3 is 2. The molecule has 1 amide bonds. The van der Waals surface area contributed by atoms with Crippen molar-refractivity contribution in [3.63, 3.8) is 0 Å². The van der Waals surface area contributed by atoms with Crippen molar-refractivity contribution in [2.24, 2.45) is 5.92 Å². The van der Waals surface area contributed by atoms with Crippen LogP contribution in [0.1, 0.15) is 29.8 Å². The number of hydrogen-bond acceptors (Lipinski definition) is 3. The lowest BCUT2D eigenvalue weighted by molar-refractivity contribution is 0.0722. The monoisotopic (exact) mass is 361 g/mol. The summed E-state index contributed by atoms with van der Waals surface area (Å²) >= 11 is 6.07. The quantitative estimate of drug-likeness (QED) is 0.720. The van der Waals surface area contributed by atoms with Gasteiger partial charge in [0.05, 0.1) is 14.2 Å². The molecular formula is C20H24ClNO3. The van der Waals surface area contributed by atoms with Gasteiger partial charge in [-0.1, -0.05) is 37.6 Å². The smallest absolute Gasteiger partial charge is 0.254 e. The molecule has 0 saturated heterocycles. The Hall–Kier alpha value is -2.20. The van der Waals surface area contributed by atoms with E-state index < -0.39 is 0 Å². The largest absolute Gasteiger partial charge is 0.497 e. The number of ether oxygens (including phenoxy) is 2. The van der Waals surface area contributed by atoms with Crippen LogP contribution in [-0.2, 0) is 6.54 Å². The van der Waals surface area contributed by atoms with Crippen molar-refractivity contribution in [3.8, 4) is 11.5 Å². The topological polar surface area (TPSA) is 38.8 Å². The lowest BCUT2D eigenvalue weighted by atomic mass is 10.1. The molecule has 0 unspecified atom stereocenters. The summed E-state index contributed by atoms with van der Waals surface area (Å²) in [5, 5.41) is 0.664. The number of rotatable bonds is 7. The maximum Gasteiger partial charge on any atom is 0.254 e. The van der Waals surface area contributed by atoms with E-state index in [4.69, 9.17) is 21.1 Å². The summed E-state index contributed by atoms with van der Waals surface area (Å²) in [4.78, 5) is 14.9. The van der Waals surface area contributed by atoms with Crippen LogP contribution in [0.4, 0.5) is 0 Å². The second-order valence-electron chi connectivity index (χ2n) is 6.31. The van der Waals surface area contributed by atoms with Crippen molar-refractivity contribution >= 4 is 17.5 Å². The Bertz CT molecular complexity index is 708. The molecule has 5 heteroatoms. The zero-order chi connectivity index (χ0) is 18.4. The number of hydrogen-bond donors (Lipinski definition) is 0. The second-order valence-corrected chi connectivity index (χ2v) is 6.75. The van der Waals surface area contributed by atoms with E-state index in [9.17, 15) is 4.79 Å². The molecule has 134 valence electrons. The SMILES string of the molecule is COc1cc(OC)cc(C(=O)N(Cc2cccc(Cl)c2)CC(C)C)c1. The maximum absolute atomic E-state index is 13.1. The maximum atomic E-state index is 13.1. The minimum Gasteiger partial charge on any atom is -0.497 e. The van der Waals surface area contributed by atoms with Crippen LogP contribution in [0.3, 0.4) is 0 Å². The Labute approximate surface area is 154 Å². The zero-order valence-corrected chi connectivity index (χ0v) is 15.8. The average Bonchev–Trinajstić information content (AvgIpc) is 2.59. The molecule has 25 heavy (non-hydrogen) atoms. The van der Waals surface area contributed by atoms with Gasteiger partial charge in [0.1, 0.15) is 11.5 Å². The fourth-order valence-electron chi connectivity index (χ4n) is 2.63. The lowest BCUT2D eigenvalue weighted by Gasteiger charge is -2.25. The third kappa shape index (κ3) is 5.40. The molecule has 0 fully saturated rings. The first-order valence-electron chi connectivity index (χ1n) is 8.19. The molecule has 0 aromatic heterocycles. The van der Waals surface area contributed by atoms with Gasteiger partial charge in [0.2, 0.25) is 0 Å². The summed E-state index contributed by atoms with van der Waals surface area (Å²) in [5.74, 6) is 1.46. The van der Waals surface area contributed by atoms with Gasteiger partial charge in [-0.05, 0) is 35.7 Å². The van der Waals surface area contributed by atoms with Crippen LogP contribution >= 0.6 is 11.6 Å². The van der Waals surface area contributed by atoms with E-state index in [2.05, 4.69) is 13.8 Å². The molecule has 0 heterocycles.